The first kappa shape index (κ1) is 11.2. The van der Waals surface area contributed by atoms with E-state index in [0.717, 1.165) is 21.7 Å². The van der Waals surface area contributed by atoms with Crippen LogP contribution in [-0.4, -0.2) is 7.11 Å². The summed E-state index contributed by atoms with van der Waals surface area (Å²) in [6.07, 6.45) is 0. The third kappa shape index (κ3) is 2.43. The van der Waals surface area contributed by atoms with Crippen molar-refractivity contribution in [1.29, 1.82) is 0 Å². The predicted molar refractivity (Wildman–Crippen MR) is 66.4 cm³/mol. The quantitative estimate of drug-likeness (QED) is 0.777. The van der Waals surface area contributed by atoms with Crippen LogP contribution in [0.5, 0.6) is 0 Å². The summed E-state index contributed by atoms with van der Waals surface area (Å²) in [5.41, 5.74) is 3.43. The van der Waals surface area contributed by atoms with E-state index in [9.17, 15) is 0 Å². The van der Waals surface area contributed by atoms with E-state index >= 15 is 0 Å². The minimum atomic E-state index is 0.604. The second-order valence-electron chi connectivity index (χ2n) is 3.52. The zero-order valence-electron chi connectivity index (χ0n) is 9.03. The number of halogens is 1. The molecule has 2 heteroatoms. The van der Waals surface area contributed by atoms with Crippen LogP contribution in [-0.2, 0) is 11.3 Å². The summed E-state index contributed by atoms with van der Waals surface area (Å²) in [5, 5.41) is 0.747. The molecule has 0 atom stereocenters. The van der Waals surface area contributed by atoms with Gasteiger partial charge in [-0.3, -0.25) is 0 Å². The lowest BCUT2D eigenvalue weighted by atomic mass is 10.0. The number of hydrogen-bond acceptors (Lipinski definition) is 1. The van der Waals surface area contributed by atoms with E-state index in [1.165, 1.54) is 0 Å². The van der Waals surface area contributed by atoms with Crippen LogP contribution in [0.1, 0.15) is 5.56 Å². The lowest BCUT2D eigenvalue weighted by Crippen LogP contribution is -1.91. The first-order chi connectivity index (χ1) is 7.81. The highest BCUT2D eigenvalue weighted by Gasteiger charge is 2.03. The van der Waals surface area contributed by atoms with Crippen molar-refractivity contribution in [2.24, 2.45) is 0 Å². The van der Waals surface area contributed by atoms with E-state index in [1.807, 2.05) is 42.5 Å². The molecule has 0 N–H and O–H groups in total. The Hall–Kier alpha value is -1.31. The maximum Gasteiger partial charge on any atom is 0.0719 e. The highest BCUT2D eigenvalue weighted by Crippen LogP contribution is 2.25. The lowest BCUT2D eigenvalue weighted by molar-refractivity contribution is 0.185. The SMILES string of the molecule is COCc1cc[c]cc1-c1ccc(Cl)cc1. The molecule has 0 fully saturated rings. The molecule has 0 saturated carbocycles. The molecule has 0 unspecified atom stereocenters. The van der Waals surface area contributed by atoms with Crippen LogP contribution in [0.3, 0.4) is 0 Å². The normalized spacial score (nSPS) is 10.4. The zero-order chi connectivity index (χ0) is 11.4. The first-order valence-electron chi connectivity index (χ1n) is 5.05. The summed E-state index contributed by atoms with van der Waals surface area (Å²) in [6.45, 7) is 0.604. The number of rotatable bonds is 3. The molecule has 1 nitrogen and oxygen atoms in total. The van der Waals surface area contributed by atoms with Crippen LogP contribution in [0, 0.1) is 6.07 Å². The van der Waals surface area contributed by atoms with E-state index in [1.54, 1.807) is 7.11 Å². The van der Waals surface area contributed by atoms with E-state index < -0.39 is 0 Å². The van der Waals surface area contributed by atoms with Gasteiger partial charge in [0, 0.05) is 12.1 Å². The Morgan fingerprint density at radius 1 is 1.19 bits per heavy atom. The summed E-state index contributed by atoms with van der Waals surface area (Å²) in [6, 6.07) is 16.8. The second kappa shape index (κ2) is 5.15. The van der Waals surface area contributed by atoms with Crippen molar-refractivity contribution in [2.45, 2.75) is 6.61 Å². The Balaban J connectivity index is 2.42. The molecule has 0 aromatic heterocycles. The molecule has 0 aliphatic carbocycles. The smallest absolute Gasteiger partial charge is 0.0719 e. The van der Waals surface area contributed by atoms with Crippen LogP contribution in [0.2, 0.25) is 5.02 Å². The first-order valence-corrected chi connectivity index (χ1v) is 5.43. The van der Waals surface area contributed by atoms with Crippen LogP contribution in [0.25, 0.3) is 11.1 Å². The Morgan fingerprint density at radius 2 is 1.94 bits per heavy atom. The molecule has 0 heterocycles. The predicted octanol–water partition coefficient (Wildman–Crippen LogP) is 3.95. The molecule has 2 rings (SSSR count). The topological polar surface area (TPSA) is 9.23 Å². The van der Waals surface area contributed by atoms with Crippen LogP contribution in [0.15, 0.2) is 42.5 Å². The van der Waals surface area contributed by atoms with Gasteiger partial charge >= 0.3 is 0 Å². The summed E-state index contributed by atoms with van der Waals surface area (Å²) in [4.78, 5) is 0. The standard InChI is InChI=1S/C14H12ClO/c1-16-10-12-4-2-3-5-14(12)11-6-8-13(15)9-7-11/h2,4-9H,10H2,1H3. The molecule has 2 aromatic carbocycles. The summed E-state index contributed by atoms with van der Waals surface area (Å²) < 4.78 is 5.17. The van der Waals surface area contributed by atoms with Crippen LogP contribution in [0.4, 0.5) is 0 Å². The average molecular weight is 232 g/mol. The maximum atomic E-state index is 5.87. The van der Waals surface area contributed by atoms with Gasteiger partial charge in [-0.2, -0.15) is 0 Å². The van der Waals surface area contributed by atoms with Crippen molar-refractivity contribution in [3.63, 3.8) is 0 Å². The van der Waals surface area contributed by atoms with Gasteiger partial charge in [-0.15, -0.1) is 0 Å². The van der Waals surface area contributed by atoms with Gasteiger partial charge in [-0.1, -0.05) is 35.9 Å². The number of ether oxygens (including phenoxy) is 1. The van der Waals surface area contributed by atoms with Gasteiger partial charge in [0.15, 0.2) is 0 Å². The molecule has 0 bridgehead atoms. The molecule has 0 aliphatic heterocycles. The van der Waals surface area contributed by atoms with Crippen LogP contribution >= 0.6 is 11.6 Å². The lowest BCUT2D eigenvalue weighted by Gasteiger charge is -2.08. The van der Waals surface area contributed by atoms with Crippen molar-refractivity contribution < 1.29 is 4.74 Å². The molecular weight excluding hydrogens is 220 g/mol. The number of methoxy groups -OCH3 is 1. The molecule has 0 amide bonds. The third-order valence-electron chi connectivity index (χ3n) is 2.41. The highest BCUT2D eigenvalue weighted by atomic mass is 35.5. The van der Waals surface area contributed by atoms with Crippen LogP contribution < -0.4 is 0 Å². The fraction of sp³-hybridized carbons (Fsp3) is 0.143. The highest BCUT2D eigenvalue weighted by molar-refractivity contribution is 6.30. The Labute approximate surface area is 101 Å². The van der Waals surface area contributed by atoms with Crippen molar-refractivity contribution in [1.82, 2.24) is 0 Å². The fourth-order valence-corrected chi connectivity index (χ4v) is 1.77. The summed E-state index contributed by atoms with van der Waals surface area (Å²) in [5.74, 6) is 0. The monoisotopic (exact) mass is 231 g/mol. The van der Waals surface area contributed by atoms with Gasteiger partial charge in [-0.25, -0.2) is 0 Å². The average Bonchev–Trinajstić information content (AvgIpc) is 2.32. The molecule has 0 aliphatic rings. The molecule has 1 radical (unpaired) electrons. The van der Waals surface area contributed by atoms with Crippen molar-refractivity contribution >= 4 is 11.6 Å². The maximum absolute atomic E-state index is 5.87. The third-order valence-corrected chi connectivity index (χ3v) is 2.66. The summed E-state index contributed by atoms with van der Waals surface area (Å²) in [7, 11) is 1.70. The van der Waals surface area contributed by atoms with Crippen molar-refractivity contribution in [2.75, 3.05) is 7.11 Å². The van der Waals surface area contributed by atoms with E-state index in [2.05, 4.69) is 6.07 Å². The molecule has 16 heavy (non-hydrogen) atoms. The largest absolute Gasteiger partial charge is 0.380 e. The van der Waals surface area contributed by atoms with E-state index in [-0.39, 0.29) is 0 Å². The molecule has 0 spiro atoms. The molecule has 81 valence electrons. The van der Waals surface area contributed by atoms with Gasteiger partial charge in [0.05, 0.1) is 6.61 Å². The minimum Gasteiger partial charge on any atom is -0.380 e. The Morgan fingerprint density at radius 3 is 2.62 bits per heavy atom. The number of benzene rings is 2. The molecule has 0 saturated heterocycles. The van der Waals surface area contributed by atoms with Crippen molar-refractivity contribution in [3.8, 4) is 11.1 Å². The van der Waals surface area contributed by atoms with E-state index in [4.69, 9.17) is 16.3 Å². The Kier molecular flexibility index (Phi) is 3.60. The van der Waals surface area contributed by atoms with E-state index in [0.29, 0.717) is 6.61 Å². The van der Waals surface area contributed by atoms with Crippen molar-refractivity contribution in [3.05, 3.63) is 59.1 Å². The Bertz CT molecular complexity index is 462. The van der Waals surface area contributed by atoms with Gasteiger partial charge in [0.1, 0.15) is 0 Å². The van der Waals surface area contributed by atoms with Gasteiger partial charge in [-0.05, 0) is 41.0 Å². The number of hydrogen-bond donors (Lipinski definition) is 0. The fourth-order valence-electron chi connectivity index (χ4n) is 1.64. The molecular formula is C14H12ClO. The summed E-state index contributed by atoms with van der Waals surface area (Å²) >= 11 is 5.87. The minimum absolute atomic E-state index is 0.604. The zero-order valence-corrected chi connectivity index (χ0v) is 9.79. The van der Waals surface area contributed by atoms with Gasteiger partial charge < -0.3 is 4.74 Å². The van der Waals surface area contributed by atoms with Gasteiger partial charge in [0.25, 0.3) is 0 Å². The molecule has 2 aromatic rings. The van der Waals surface area contributed by atoms with Gasteiger partial charge in [0.2, 0.25) is 0 Å². The second-order valence-corrected chi connectivity index (χ2v) is 3.96.